The Bertz CT molecular complexity index is 503. The van der Waals surface area contributed by atoms with E-state index in [1.165, 1.54) is 0 Å². The lowest BCUT2D eigenvalue weighted by Gasteiger charge is -2.23. The number of nitrogens with zero attached hydrogens (tertiary/aromatic N) is 3. The van der Waals surface area contributed by atoms with Gasteiger partial charge < -0.3 is 15.3 Å². The summed E-state index contributed by atoms with van der Waals surface area (Å²) in [5.41, 5.74) is 0.231. The highest BCUT2D eigenvalue weighted by Crippen LogP contribution is 2.28. The molecule has 1 saturated heterocycles. The Morgan fingerprint density at radius 3 is 2.75 bits per heavy atom. The molecule has 1 aliphatic heterocycles. The Morgan fingerprint density at radius 1 is 1.45 bits per heavy atom. The van der Waals surface area contributed by atoms with Crippen molar-refractivity contribution in [3.63, 3.8) is 0 Å². The number of hydrogen-bond acceptors (Lipinski definition) is 5. The highest BCUT2D eigenvalue weighted by atomic mass is 16.4. The molecule has 0 aromatic carbocycles. The Morgan fingerprint density at radius 2 is 2.20 bits per heavy atom. The monoisotopic (exact) mass is 278 g/mol. The van der Waals surface area contributed by atoms with Crippen molar-refractivity contribution >= 4 is 17.7 Å². The number of rotatable bonds is 4. The SMILES string of the molecule is CCNC(=O)c1ccc(N2CCC(C)C2C(=O)O)nn1. The number of nitrogens with one attached hydrogen (secondary N) is 1. The maximum atomic E-state index is 11.6. The van der Waals surface area contributed by atoms with Crippen molar-refractivity contribution in [3.05, 3.63) is 17.8 Å². The van der Waals surface area contributed by atoms with Gasteiger partial charge in [0.1, 0.15) is 6.04 Å². The molecular formula is C13H18N4O3. The van der Waals surface area contributed by atoms with Gasteiger partial charge in [0, 0.05) is 13.1 Å². The smallest absolute Gasteiger partial charge is 0.326 e. The summed E-state index contributed by atoms with van der Waals surface area (Å²) in [5, 5.41) is 19.8. The van der Waals surface area contributed by atoms with Crippen molar-refractivity contribution < 1.29 is 14.7 Å². The lowest BCUT2D eigenvalue weighted by molar-refractivity contribution is -0.139. The van der Waals surface area contributed by atoms with E-state index in [4.69, 9.17) is 0 Å². The van der Waals surface area contributed by atoms with Gasteiger partial charge in [0.25, 0.3) is 5.91 Å². The van der Waals surface area contributed by atoms with Gasteiger partial charge in [-0.1, -0.05) is 6.92 Å². The third kappa shape index (κ3) is 2.71. The van der Waals surface area contributed by atoms with E-state index >= 15 is 0 Å². The molecule has 1 aromatic heterocycles. The van der Waals surface area contributed by atoms with Crippen molar-refractivity contribution in [1.29, 1.82) is 0 Å². The van der Waals surface area contributed by atoms with Gasteiger partial charge in [-0.05, 0) is 31.4 Å². The first-order valence-corrected chi connectivity index (χ1v) is 6.66. The normalized spacial score (nSPS) is 21.8. The molecule has 0 spiro atoms. The molecule has 1 aromatic rings. The van der Waals surface area contributed by atoms with E-state index < -0.39 is 12.0 Å². The van der Waals surface area contributed by atoms with Crippen molar-refractivity contribution in [2.24, 2.45) is 5.92 Å². The van der Waals surface area contributed by atoms with Crippen LogP contribution in [0.15, 0.2) is 12.1 Å². The average Bonchev–Trinajstić information content (AvgIpc) is 2.81. The molecule has 2 unspecified atom stereocenters. The summed E-state index contributed by atoms with van der Waals surface area (Å²) in [4.78, 5) is 24.6. The summed E-state index contributed by atoms with van der Waals surface area (Å²) in [6.45, 7) is 4.89. The zero-order valence-corrected chi connectivity index (χ0v) is 11.5. The molecule has 0 saturated carbocycles. The molecule has 2 rings (SSSR count). The maximum Gasteiger partial charge on any atom is 0.326 e. The van der Waals surface area contributed by atoms with Crippen LogP contribution in [0.1, 0.15) is 30.8 Å². The van der Waals surface area contributed by atoms with Crippen LogP contribution in [0.3, 0.4) is 0 Å². The van der Waals surface area contributed by atoms with Gasteiger partial charge in [0.15, 0.2) is 11.5 Å². The second-order valence-electron chi connectivity index (χ2n) is 4.88. The number of anilines is 1. The minimum Gasteiger partial charge on any atom is -0.480 e. The maximum absolute atomic E-state index is 11.6. The molecule has 0 bridgehead atoms. The average molecular weight is 278 g/mol. The van der Waals surface area contributed by atoms with Gasteiger partial charge in [-0.15, -0.1) is 10.2 Å². The minimum absolute atomic E-state index is 0.0670. The van der Waals surface area contributed by atoms with Gasteiger partial charge >= 0.3 is 5.97 Å². The van der Waals surface area contributed by atoms with Crippen LogP contribution >= 0.6 is 0 Å². The van der Waals surface area contributed by atoms with Crippen molar-refractivity contribution in [2.75, 3.05) is 18.0 Å². The molecule has 2 atom stereocenters. The fraction of sp³-hybridized carbons (Fsp3) is 0.538. The number of amides is 1. The highest BCUT2D eigenvalue weighted by molar-refractivity contribution is 5.92. The number of hydrogen-bond donors (Lipinski definition) is 2. The van der Waals surface area contributed by atoms with Gasteiger partial charge in [-0.25, -0.2) is 4.79 Å². The van der Waals surface area contributed by atoms with E-state index in [1.54, 1.807) is 17.0 Å². The Labute approximate surface area is 117 Å². The van der Waals surface area contributed by atoms with Gasteiger partial charge in [-0.3, -0.25) is 4.79 Å². The summed E-state index contributed by atoms with van der Waals surface area (Å²) in [6, 6.07) is 2.63. The van der Waals surface area contributed by atoms with Crippen molar-refractivity contribution in [3.8, 4) is 0 Å². The molecule has 7 nitrogen and oxygen atoms in total. The Hall–Kier alpha value is -2.18. The summed E-state index contributed by atoms with van der Waals surface area (Å²) < 4.78 is 0. The number of carbonyl (C=O) groups excluding carboxylic acids is 1. The van der Waals surface area contributed by atoms with Crippen molar-refractivity contribution in [2.45, 2.75) is 26.3 Å². The van der Waals surface area contributed by atoms with Gasteiger partial charge in [0.2, 0.25) is 0 Å². The first-order valence-electron chi connectivity index (χ1n) is 6.66. The Kier molecular flexibility index (Phi) is 4.16. The molecule has 1 fully saturated rings. The number of carboxylic acid groups (broad SMARTS) is 1. The second kappa shape index (κ2) is 5.85. The van der Waals surface area contributed by atoms with Crippen LogP contribution in [0.5, 0.6) is 0 Å². The lowest BCUT2D eigenvalue weighted by Crippen LogP contribution is -2.39. The van der Waals surface area contributed by atoms with E-state index in [0.717, 1.165) is 6.42 Å². The van der Waals surface area contributed by atoms with E-state index in [2.05, 4.69) is 15.5 Å². The largest absolute Gasteiger partial charge is 0.480 e. The summed E-state index contributed by atoms with van der Waals surface area (Å²) >= 11 is 0. The van der Waals surface area contributed by atoms with E-state index in [9.17, 15) is 14.7 Å². The van der Waals surface area contributed by atoms with Gasteiger partial charge in [-0.2, -0.15) is 0 Å². The van der Waals surface area contributed by atoms with Crippen LogP contribution in [0, 0.1) is 5.92 Å². The number of aliphatic carboxylic acids is 1. The molecular weight excluding hydrogens is 260 g/mol. The van der Waals surface area contributed by atoms with Crippen LogP contribution < -0.4 is 10.2 Å². The predicted molar refractivity (Wildman–Crippen MR) is 72.6 cm³/mol. The third-order valence-corrected chi connectivity index (χ3v) is 3.47. The standard InChI is InChI=1S/C13H18N4O3/c1-3-14-12(18)9-4-5-10(16-15-9)17-7-6-8(2)11(17)13(19)20/h4-5,8,11H,3,6-7H2,1-2H3,(H,14,18)(H,19,20). The first kappa shape index (κ1) is 14.2. The fourth-order valence-corrected chi connectivity index (χ4v) is 2.43. The molecule has 1 aliphatic rings. The van der Waals surface area contributed by atoms with Crippen LogP contribution in [-0.2, 0) is 4.79 Å². The summed E-state index contributed by atoms with van der Waals surface area (Å²) in [5.74, 6) is -0.576. The molecule has 108 valence electrons. The molecule has 2 N–H and O–H groups in total. The topological polar surface area (TPSA) is 95.4 Å². The van der Waals surface area contributed by atoms with Gasteiger partial charge in [0.05, 0.1) is 0 Å². The van der Waals surface area contributed by atoms with E-state index in [1.807, 2.05) is 13.8 Å². The first-order chi connectivity index (χ1) is 9.54. The Balaban J connectivity index is 2.17. The van der Waals surface area contributed by atoms with Crippen molar-refractivity contribution in [1.82, 2.24) is 15.5 Å². The predicted octanol–water partition coefficient (Wildman–Crippen LogP) is 0.526. The molecule has 7 heteroatoms. The quantitative estimate of drug-likeness (QED) is 0.834. The van der Waals surface area contributed by atoms with E-state index in [0.29, 0.717) is 18.9 Å². The molecule has 1 amide bonds. The molecule has 2 heterocycles. The zero-order chi connectivity index (χ0) is 14.7. The number of aromatic nitrogens is 2. The molecule has 0 aliphatic carbocycles. The van der Waals surface area contributed by atoms with Crippen LogP contribution in [0.2, 0.25) is 0 Å². The molecule has 20 heavy (non-hydrogen) atoms. The highest BCUT2D eigenvalue weighted by Gasteiger charge is 2.37. The van der Waals surface area contributed by atoms with Crippen LogP contribution in [0.25, 0.3) is 0 Å². The zero-order valence-electron chi connectivity index (χ0n) is 11.5. The lowest BCUT2D eigenvalue weighted by atomic mass is 10.0. The summed E-state index contributed by atoms with van der Waals surface area (Å²) in [7, 11) is 0. The van der Waals surface area contributed by atoms with Crippen LogP contribution in [-0.4, -0.2) is 46.3 Å². The van der Waals surface area contributed by atoms with Crippen LogP contribution in [0.4, 0.5) is 5.82 Å². The summed E-state index contributed by atoms with van der Waals surface area (Å²) in [6.07, 6.45) is 0.802. The third-order valence-electron chi connectivity index (χ3n) is 3.47. The molecule has 0 radical (unpaired) electrons. The van der Waals surface area contributed by atoms with E-state index in [-0.39, 0.29) is 17.5 Å². The number of carboxylic acids is 1. The fourth-order valence-electron chi connectivity index (χ4n) is 2.43. The number of carbonyl (C=O) groups is 2. The minimum atomic E-state index is -0.857. The second-order valence-corrected chi connectivity index (χ2v) is 4.88.